The predicted octanol–water partition coefficient (Wildman–Crippen LogP) is 1.85. The number of aryl methyl sites for hydroxylation is 1. The second-order valence-corrected chi connectivity index (χ2v) is 4.65. The SMILES string of the molecule is CCCn1cc(C(=O)NC(C(=O)O)c2ccccc2)cn1. The minimum absolute atomic E-state index is 0.352. The minimum atomic E-state index is -1.10. The fourth-order valence-corrected chi connectivity index (χ4v) is 1.98. The molecule has 0 spiro atoms. The van der Waals surface area contributed by atoms with Gasteiger partial charge in [0.2, 0.25) is 0 Å². The number of aromatic nitrogens is 2. The van der Waals surface area contributed by atoms with Crippen LogP contribution in [-0.2, 0) is 11.3 Å². The van der Waals surface area contributed by atoms with Crippen molar-refractivity contribution in [1.29, 1.82) is 0 Å². The van der Waals surface area contributed by atoms with Gasteiger partial charge in [0, 0.05) is 12.7 Å². The predicted molar refractivity (Wildman–Crippen MR) is 76.8 cm³/mol. The molecule has 1 amide bonds. The zero-order chi connectivity index (χ0) is 15.2. The van der Waals surface area contributed by atoms with E-state index in [0.29, 0.717) is 17.7 Å². The van der Waals surface area contributed by atoms with Crippen molar-refractivity contribution in [3.63, 3.8) is 0 Å². The number of hydrogen-bond donors (Lipinski definition) is 2. The third kappa shape index (κ3) is 3.68. The third-order valence-corrected chi connectivity index (χ3v) is 3.00. The maximum Gasteiger partial charge on any atom is 0.330 e. The maximum atomic E-state index is 12.1. The molecule has 6 heteroatoms. The normalized spacial score (nSPS) is 11.9. The molecule has 2 rings (SSSR count). The van der Waals surface area contributed by atoms with Gasteiger partial charge in [-0.3, -0.25) is 9.48 Å². The number of rotatable bonds is 6. The number of benzene rings is 1. The third-order valence-electron chi connectivity index (χ3n) is 3.00. The number of carbonyl (C=O) groups excluding carboxylic acids is 1. The first-order valence-corrected chi connectivity index (χ1v) is 6.73. The van der Waals surface area contributed by atoms with Crippen molar-refractivity contribution >= 4 is 11.9 Å². The van der Waals surface area contributed by atoms with Crippen LogP contribution in [0.2, 0.25) is 0 Å². The Balaban J connectivity index is 2.13. The molecule has 6 nitrogen and oxygen atoms in total. The van der Waals surface area contributed by atoms with Crippen molar-refractivity contribution in [1.82, 2.24) is 15.1 Å². The summed E-state index contributed by atoms with van der Waals surface area (Å²) < 4.78 is 1.66. The van der Waals surface area contributed by atoms with Crippen LogP contribution >= 0.6 is 0 Å². The van der Waals surface area contributed by atoms with Crippen LogP contribution in [0, 0.1) is 0 Å². The molecule has 1 unspecified atom stereocenters. The van der Waals surface area contributed by atoms with Crippen LogP contribution in [0.3, 0.4) is 0 Å². The lowest BCUT2D eigenvalue weighted by Crippen LogP contribution is -2.33. The summed E-state index contributed by atoms with van der Waals surface area (Å²) in [7, 11) is 0. The Morgan fingerprint density at radius 2 is 2.05 bits per heavy atom. The number of carbonyl (C=O) groups is 2. The van der Waals surface area contributed by atoms with E-state index in [4.69, 9.17) is 0 Å². The smallest absolute Gasteiger partial charge is 0.330 e. The molecule has 0 aliphatic rings. The molecular weight excluding hydrogens is 270 g/mol. The Hall–Kier alpha value is -2.63. The van der Waals surface area contributed by atoms with E-state index in [-0.39, 0.29) is 0 Å². The van der Waals surface area contributed by atoms with Gasteiger partial charge in [-0.15, -0.1) is 0 Å². The quantitative estimate of drug-likeness (QED) is 0.849. The zero-order valence-corrected chi connectivity index (χ0v) is 11.7. The Bertz CT molecular complexity index is 622. The van der Waals surface area contributed by atoms with Crippen LogP contribution in [-0.4, -0.2) is 26.8 Å². The summed E-state index contributed by atoms with van der Waals surface area (Å²) in [5.41, 5.74) is 0.880. The van der Waals surface area contributed by atoms with E-state index in [2.05, 4.69) is 10.4 Å². The largest absolute Gasteiger partial charge is 0.479 e. The van der Waals surface area contributed by atoms with Crippen LogP contribution in [0.5, 0.6) is 0 Å². The van der Waals surface area contributed by atoms with Crippen LogP contribution in [0.4, 0.5) is 0 Å². The van der Waals surface area contributed by atoms with Crippen molar-refractivity contribution in [2.24, 2.45) is 0 Å². The summed E-state index contributed by atoms with van der Waals surface area (Å²) in [4.78, 5) is 23.5. The standard InChI is InChI=1S/C15H17N3O3/c1-2-8-18-10-12(9-16-18)14(19)17-13(15(20)21)11-6-4-3-5-7-11/h3-7,9-10,13H,2,8H2,1H3,(H,17,19)(H,20,21). The Labute approximate surface area is 122 Å². The number of aliphatic carboxylic acids is 1. The second-order valence-electron chi connectivity index (χ2n) is 4.65. The van der Waals surface area contributed by atoms with Crippen molar-refractivity contribution in [3.8, 4) is 0 Å². The van der Waals surface area contributed by atoms with Gasteiger partial charge in [-0.25, -0.2) is 4.79 Å². The monoisotopic (exact) mass is 287 g/mol. The molecule has 0 fully saturated rings. The van der Waals surface area contributed by atoms with Crippen LogP contribution in [0.25, 0.3) is 0 Å². The van der Waals surface area contributed by atoms with Crippen LogP contribution in [0.15, 0.2) is 42.7 Å². The minimum Gasteiger partial charge on any atom is -0.479 e. The molecule has 0 saturated heterocycles. The Kier molecular flexibility index (Phi) is 4.71. The number of nitrogens with one attached hydrogen (secondary N) is 1. The number of carboxylic acid groups (broad SMARTS) is 1. The first-order valence-electron chi connectivity index (χ1n) is 6.73. The molecule has 0 aliphatic heterocycles. The fraction of sp³-hybridized carbons (Fsp3) is 0.267. The van der Waals surface area contributed by atoms with Crippen molar-refractivity contribution in [2.75, 3.05) is 0 Å². The highest BCUT2D eigenvalue weighted by Crippen LogP contribution is 2.13. The molecule has 1 heterocycles. The van der Waals surface area contributed by atoms with Crippen molar-refractivity contribution in [2.45, 2.75) is 25.9 Å². The van der Waals surface area contributed by atoms with Crippen molar-refractivity contribution in [3.05, 3.63) is 53.9 Å². The Morgan fingerprint density at radius 3 is 2.67 bits per heavy atom. The number of amides is 1. The van der Waals surface area contributed by atoms with Crippen LogP contribution < -0.4 is 5.32 Å². The van der Waals surface area contributed by atoms with E-state index >= 15 is 0 Å². The summed E-state index contributed by atoms with van der Waals surface area (Å²) in [5.74, 6) is -1.55. The topological polar surface area (TPSA) is 84.2 Å². The van der Waals surface area contributed by atoms with Gasteiger partial charge < -0.3 is 10.4 Å². The zero-order valence-electron chi connectivity index (χ0n) is 11.7. The molecule has 1 atom stereocenters. The molecule has 0 bridgehead atoms. The molecule has 0 aliphatic carbocycles. The molecule has 1 aromatic carbocycles. The van der Waals surface area contributed by atoms with E-state index in [1.807, 2.05) is 6.92 Å². The highest BCUT2D eigenvalue weighted by atomic mass is 16.4. The average Bonchev–Trinajstić information content (AvgIpc) is 2.94. The van der Waals surface area contributed by atoms with E-state index < -0.39 is 17.9 Å². The molecular formula is C15H17N3O3. The van der Waals surface area contributed by atoms with E-state index in [1.54, 1.807) is 41.2 Å². The fourth-order valence-electron chi connectivity index (χ4n) is 1.98. The van der Waals surface area contributed by atoms with Gasteiger partial charge in [0.15, 0.2) is 6.04 Å². The molecule has 21 heavy (non-hydrogen) atoms. The van der Waals surface area contributed by atoms with Gasteiger partial charge in [0.1, 0.15) is 0 Å². The number of nitrogens with zero attached hydrogens (tertiary/aromatic N) is 2. The lowest BCUT2D eigenvalue weighted by Gasteiger charge is -2.14. The van der Waals surface area contributed by atoms with Gasteiger partial charge in [-0.2, -0.15) is 5.10 Å². The van der Waals surface area contributed by atoms with Crippen molar-refractivity contribution < 1.29 is 14.7 Å². The summed E-state index contributed by atoms with van der Waals surface area (Å²) in [6, 6.07) is 7.51. The van der Waals surface area contributed by atoms with Gasteiger partial charge >= 0.3 is 5.97 Å². The molecule has 0 saturated carbocycles. The van der Waals surface area contributed by atoms with Gasteiger partial charge in [0.25, 0.3) is 5.91 Å². The van der Waals surface area contributed by atoms with Gasteiger partial charge in [0.05, 0.1) is 11.8 Å². The molecule has 110 valence electrons. The summed E-state index contributed by atoms with van der Waals surface area (Å²) in [5, 5.41) is 15.8. The van der Waals surface area contributed by atoms with Gasteiger partial charge in [-0.1, -0.05) is 37.3 Å². The summed E-state index contributed by atoms with van der Waals surface area (Å²) >= 11 is 0. The molecule has 0 radical (unpaired) electrons. The average molecular weight is 287 g/mol. The lowest BCUT2D eigenvalue weighted by molar-refractivity contribution is -0.139. The summed E-state index contributed by atoms with van der Waals surface area (Å²) in [6.45, 7) is 2.73. The van der Waals surface area contributed by atoms with E-state index in [9.17, 15) is 14.7 Å². The first kappa shape index (κ1) is 14.8. The second kappa shape index (κ2) is 6.69. The first-order chi connectivity index (χ1) is 10.1. The van der Waals surface area contributed by atoms with E-state index in [1.165, 1.54) is 6.20 Å². The highest BCUT2D eigenvalue weighted by Gasteiger charge is 2.22. The Morgan fingerprint density at radius 1 is 1.33 bits per heavy atom. The van der Waals surface area contributed by atoms with Crippen LogP contribution in [0.1, 0.15) is 35.3 Å². The summed E-state index contributed by atoms with van der Waals surface area (Å²) in [6.07, 6.45) is 3.96. The number of hydrogen-bond acceptors (Lipinski definition) is 3. The molecule has 1 aromatic heterocycles. The highest BCUT2D eigenvalue weighted by molar-refractivity contribution is 5.96. The maximum absolute atomic E-state index is 12.1. The van der Waals surface area contributed by atoms with Gasteiger partial charge in [-0.05, 0) is 12.0 Å². The number of carboxylic acids is 1. The lowest BCUT2D eigenvalue weighted by atomic mass is 10.1. The molecule has 2 aromatic rings. The molecule has 2 N–H and O–H groups in total. The van der Waals surface area contributed by atoms with E-state index in [0.717, 1.165) is 6.42 Å².